The molecule has 0 unspecified atom stereocenters. The van der Waals surface area contributed by atoms with Crippen molar-refractivity contribution in [1.82, 2.24) is 0 Å². The van der Waals surface area contributed by atoms with Crippen LogP contribution in [-0.4, -0.2) is 26.1 Å². The van der Waals surface area contributed by atoms with Crippen LogP contribution in [0.4, 0.5) is 0 Å². The van der Waals surface area contributed by atoms with Gasteiger partial charge in [0.1, 0.15) is 0 Å². The van der Waals surface area contributed by atoms with Gasteiger partial charge in [0.15, 0.2) is 0 Å². The normalized spacial score (nSPS) is 21.5. The van der Waals surface area contributed by atoms with E-state index < -0.39 is 8.32 Å². The molecule has 2 aromatic carbocycles. The van der Waals surface area contributed by atoms with Crippen molar-refractivity contribution in [3.8, 4) is 0 Å². The summed E-state index contributed by atoms with van der Waals surface area (Å²) in [6.07, 6.45) is 3.93. The van der Waals surface area contributed by atoms with E-state index in [9.17, 15) is 5.11 Å². The first-order chi connectivity index (χ1) is 12.4. The standard InChI is InChI=1S/C23H32O2Si/c1-23(2,3)26(21-13-6-4-7-14-21,22-15-8-5-9-16-22)25-18-19-11-10-12-20(24)17-19/h4-9,13-16,19-20,24H,10-12,17-18H2,1-3H3/t19-,20+/m0/s1. The highest BCUT2D eigenvalue weighted by molar-refractivity contribution is 6.99. The molecule has 0 radical (unpaired) electrons. The number of rotatable bonds is 5. The van der Waals surface area contributed by atoms with Gasteiger partial charge in [0.25, 0.3) is 8.32 Å². The van der Waals surface area contributed by atoms with Crippen molar-refractivity contribution >= 4 is 18.7 Å². The van der Waals surface area contributed by atoms with Gasteiger partial charge in [0.2, 0.25) is 0 Å². The summed E-state index contributed by atoms with van der Waals surface area (Å²) in [7, 11) is -2.44. The molecule has 0 spiro atoms. The van der Waals surface area contributed by atoms with E-state index in [1.165, 1.54) is 10.4 Å². The summed E-state index contributed by atoms with van der Waals surface area (Å²) < 4.78 is 6.98. The summed E-state index contributed by atoms with van der Waals surface area (Å²) >= 11 is 0. The molecule has 0 aliphatic heterocycles. The summed E-state index contributed by atoms with van der Waals surface area (Å²) in [6, 6.07) is 21.6. The first kappa shape index (κ1) is 19.3. The third kappa shape index (κ3) is 3.95. The zero-order chi connectivity index (χ0) is 18.6. The van der Waals surface area contributed by atoms with Gasteiger partial charge in [-0.25, -0.2) is 0 Å². The quantitative estimate of drug-likeness (QED) is 0.805. The Morgan fingerprint density at radius 1 is 0.923 bits per heavy atom. The lowest BCUT2D eigenvalue weighted by Crippen LogP contribution is -2.67. The SMILES string of the molecule is CC(C)(C)[Si](OC[C@H]1CCC[C@@H](O)C1)(c1ccccc1)c1ccccc1. The van der Waals surface area contributed by atoms with Crippen LogP contribution in [0.15, 0.2) is 60.7 Å². The minimum Gasteiger partial charge on any atom is -0.407 e. The van der Waals surface area contributed by atoms with Crippen LogP contribution in [0.2, 0.25) is 5.04 Å². The number of benzene rings is 2. The molecule has 3 rings (SSSR count). The fourth-order valence-electron chi connectivity index (χ4n) is 4.42. The average Bonchev–Trinajstić information content (AvgIpc) is 2.63. The van der Waals surface area contributed by atoms with Crippen molar-refractivity contribution in [3.05, 3.63) is 60.7 Å². The van der Waals surface area contributed by atoms with Crippen molar-refractivity contribution in [2.75, 3.05) is 6.61 Å². The minimum absolute atomic E-state index is 0.0169. The minimum atomic E-state index is -2.44. The zero-order valence-electron chi connectivity index (χ0n) is 16.3. The molecule has 3 heteroatoms. The van der Waals surface area contributed by atoms with Gasteiger partial charge in [0, 0.05) is 6.61 Å². The summed E-state index contributed by atoms with van der Waals surface area (Å²) in [5.41, 5.74) is 0. The molecule has 2 aromatic rings. The molecule has 1 aliphatic carbocycles. The Morgan fingerprint density at radius 2 is 1.46 bits per heavy atom. The monoisotopic (exact) mass is 368 g/mol. The largest absolute Gasteiger partial charge is 0.407 e. The smallest absolute Gasteiger partial charge is 0.261 e. The molecule has 0 amide bonds. The van der Waals surface area contributed by atoms with E-state index in [1.807, 2.05) is 0 Å². The van der Waals surface area contributed by atoms with Crippen LogP contribution in [0.25, 0.3) is 0 Å². The summed E-state index contributed by atoms with van der Waals surface area (Å²) in [5.74, 6) is 0.459. The Kier molecular flexibility index (Phi) is 6.01. The second-order valence-corrected chi connectivity index (χ2v) is 13.0. The highest BCUT2D eigenvalue weighted by atomic mass is 28.4. The van der Waals surface area contributed by atoms with Crippen molar-refractivity contribution in [3.63, 3.8) is 0 Å². The number of aliphatic hydroxyl groups excluding tert-OH is 1. The molecule has 1 fully saturated rings. The van der Waals surface area contributed by atoms with Gasteiger partial charge in [-0.05, 0) is 40.6 Å². The van der Waals surface area contributed by atoms with E-state index >= 15 is 0 Å². The van der Waals surface area contributed by atoms with Crippen LogP contribution in [0.3, 0.4) is 0 Å². The Hall–Kier alpha value is -1.42. The zero-order valence-corrected chi connectivity index (χ0v) is 17.3. The fourth-order valence-corrected chi connectivity index (χ4v) is 9.06. The molecular weight excluding hydrogens is 336 g/mol. The maximum absolute atomic E-state index is 10.1. The molecule has 2 nitrogen and oxygen atoms in total. The van der Waals surface area contributed by atoms with Crippen LogP contribution in [0, 0.1) is 5.92 Å². The van der Waals surface area contributed by atoms with E-state index in [0.29, 0.717) is 5.92 Å². The molecule has 2 atom stereocenters. The van der Waals surface area contributed by atoms with Gasteiger partial charge in [0.05, 0.1) is 6.10 Å². The predicted molar refractivity (Wildman–Crippen MR) is 112 cm³/mol. The van der Waals surface area contributed by atoms with Gasteiger partial charge in [-0.15, -0.1) is 0 Å². The van der Waals surface area contributed by atoms with Crippen molar-refractivity contribution in [2.24, 2.45) is 5.92 Å². The van der Waals surface area contributed by atoms with E-state index in [0.717, 1.165) is 32.3 Å². The van der Waals surface area contributed by atoms with Crippen molar-refractivity contribution in [1.29, 1.82) is 0 Å². The van der Waals surface area contributed by atoms with Crippen LogP contribution in [-0.2, 0) is 4.43 Å². The first-order valence-corrected chi connectivity index (χ1v) is 11.8. The van der Waals surface area contributed by atoms with Gasteiger partial charge in [-0.1, -0.05) is 87.9 Å². The van der Waals surface area contributed by atoms with Gasteiger partial charge < -0.3 is 9.53 Å². The van der Waals surface area contributed by atoms with E-state index in [-0.39, 0.29) is 11.1 Å². The van der Waals surface area contributed by atoms with Crippen LogP contribution < -0.4 is 10.4 Å². The van der Waals surface area contributed by atoms with Crippen molar-refractivity contribution in [2.45, 2.75) is 57.6 Å². The maximum atomic E-state index is 10.1. The maximum Gasteiger partial charge on any atom is 0.261 e. The first-order valence-electron chi connectivity index (χ1n) is 9.86. The van der Waals surface area contributed by atoms with E-state index in [4.69, 9.17) is 4.43 Å². The Labute approximate surface area is 159 Å². The molecule has 0 saturated heterocycles. The third-order valence-corrected chi connectivity index (χ3v) is 10.7. The molecule has 1 saturated carbocycles. The lowest BCUT2D eigenvalue weighted by molar-refractivity contribution is 0.0789. The predicted octanol–water partition coefficient (Wildman–Crippen LogP) is 4.11. The van der Waals surface area contributed by atoms with Gasteiger partial charge in [-0.3, -0.25) is 0 Å². The molecule has 26 heavy (non-hydrogen) atoms. The topological polar surface area (TPSA) is 29.5 Å². The molecular formula is C23H32O2Si. The number of hydrogen-bond acceptors (Lipinski definition) is 2. The van der Waals surface area contributed by atoms with Gasteiger partial charge >= 0.3 is 0 Å². The number of hydrogen-bond donors (Lipinski definition) is 1. The second kappa shape index (κ2) is 8.08. The summed E-state index contributed by atoms with van der Waals surface area (Å²) in [5, 5.41) is 12.7. The number of aliphatic hydroxyl groups is 1. The lowest BCUT2D eigenvalue weighted by atomic mass is 9.88. The lowest BCUT2D eigenvalue weighted by Gasteiger charge is -2.44. The summed E-state index contributed by atoms with van der Waals surface area (Å²) in [6.45, 7) is 7.68. The average molecular weight is 369 g/mol. The van der Waals surface area contributed by atoms with Crippen LogP contribution >= 0.6 is 0 Å². The Bertz CT molecular complexity index is 639. The molecule has 0 bridgehead atoms. The molecule has 0 heterocycles. The Balaban J connectivity index is 2.00. The summed E-state index contributed by atoms with van der Waals surface area (Å²) in [4.78, 5) is 0. The molecule has 1 aliphatic rings. The van der Waals surface area contributed by atoms with E-state index in [1.54, 1.807) is 0 Å². The molecule has 1 N–H and O–H groups in total. The highest BCUT2D eigenvalue weighted by Gasteiger charge is 2.50. The van der Waals surface area contributed by atoms with E-state index in [2.05, 4.69) is 81.4 Å². The third-order valence-electron chi connectivity index (χ3n) is 5.71. The van der Waals surface area contributed by atoms with Crippen LogP contribution in [0.1, 0.15) is 46.5 Å². The second-order valence-electron chi connectivity index (χ2n) is 8.66. The van der Waals surface area contributed by atoms with Crippen molar-refractivity contribution < 1.29 is 9.53 Å². The Morgan fingerprint density at radius 3 is 1.92 bits per heavy atom. The fraction of sp³-hybridized carbons (Fsp3) is 0.478. The molecule has 140 valence electrons. The molecule has 0 aromatic heterocycles. The highest BCUT2D eigenvalue weighted by Crippen LogP contribution is 2.37. The van der Waals surface area contributed by atoms with Gasteiger partial charge in [-0.2, -0.15) is 0 Å². The van der Waals surface area contributed by atoms with Crippen LogP contribution in [0.5, 0.6) is 0 Å².